The number of aromatic amines is 1. The van der Waals surface area contributed by atoms with Gasteiger partial charge in [-0.25, -0.2) is 9.59 Å². The van der Waals surface area contributed by atoms with Crippen molar-refractivity contribution in [2.24, 2.45) is 5.10 Å². The maximum Gasteiger partial charge on any atom is 0.349 e. The number of nitrogens with one attached hydrogen (secondary N) is 1. The van der Waals surface area contributed by atoms with Crippen LogP contribution in [0.3, 0.4) is 0 Å². The molecule has 0 bridgehead atoms. The van der Waals surface area contributed by atoms with E-state index in [1.807, 2.05) is 0 Å². The third-order valence-corrected chi connectivity index (χ3v) is 3.71. The maximum absolute atomic E-state index is 12.4. The van der Waals surface area contributed by atoms with Crippen LogP contribution >= 0.6 is 11.6 Å². The Morgan fingerprint density at radius 2 is 2.04 bits per heavy atom. The number of H-pyrrole nitrogens is 1. The van der Waals surface area contributed by atoms with Crippen LogP contribution in [0.25, 0.3) is 10.9 Å². The molecule has 0 radical (unpaired) electrons. The molecule has 9 heteroatoms. The Bertz CT molecular complexity index is 1130. The summed E-state index contributed by atoms with van der Waals surface area (Å²) < 4.78 is 5.73. The van der Waals surface area contributed by atoms with Gasteiger partial charge in [0.05, 0.1) is 22.1 Å². The highest BCUT2D eigenvalue weighted by Crippen LogP contribution is 2.24. The number of ether oxygens (including phenoxy) is 1. The number of carbonyl (C=O) groups is 1. The molecule has 0 unspecified atom stereocenters. The Kier molecular flexibility index (Phi) is 4.85. The van der Waals surface area contributed by atoms with E-state index in [-0.39, 0.29) is 10.8 Å². The van der Waals surface area contributed by atoms with Crippen molar-refractivity contribution in [1.29, 1.82) is 0 Å². The third kappa shape index (κ3) is 3.65. The number of carboxylic acid groups (broad SMARTS) is 1. The number of nitrogens with zero attached hydrogens (tertiary/aromatic N) is 2. The highest BCUT2D eigenvalue weighted by molar-refractivity contribution is 6.32. The van der Waals surface area contributed by atoms with E-state index >= 15 is 0 Å². The molecule has 0 aliphatic carbocycles. The summed E-state index contributed by atoms with van der Waals surface area (Å²) in [5.41, 5.74) is -0.292. The number of hydrogen-bond donors (Lipinski definition) is 2. The van der Waals surface area contributed by atoms with Crippen LogP contribution < -0.4 is 16.0 Å². The number of benzene rings is 2. The summed E-state index contributed by atoms with van der Waals surface area (Å²) >= 11 is 6.02. The highest BCUT2D eigenvalue weighted by Gasteiger charge is 2.07. The summed E-state index contributed by atoms with van der Waals surface area (Å²) in [5.74, 6) is -0.923. The number of hydrogen-bond acceptors (Lipinski definition) is 5. The van der Waals surface area contributed by atoms with Gasteiger partial charge in [0, 0.05) is 0 Å². The van der Waals surface area contributed by atoms with Gasteiger partial charge in [-0.05, 0) is 35.9 Å². The summed E-state index contributed by atoms with van der Waals surface area (Å²) in [6.07, 6.45) is 1.29. The Morgan fingerprint density at radius 3 is 2.77 bits per heavy atom. The van der Waals surface area contributed by atoms with E-state index in [2.05, 4.69) is 10.1 Å². The predicted molar refractivity (Wildman–Crippen MR) is 96.4 cm³/mol. The lowest BCUT2D eigenvalue weighted by Gasteiger charge is -2.06. The smallest absolute Gasteiger partial charge is 0.349 e. The topological polar surface area (TPSA) is 114 Å². The van der Waals surface area contributed by atoms with Crippen molar-refractivity contribution in [3.63, 3.8) is 0 Å². The molecule has 2 aromatic carbocycles. The molecule has 0 amide bonds. The van der Waals surface area contributed by atoms with Crippen molar-refractivity contribution < 1.29 is 14.6 Å². The minimum absolute atomic E-state index is 0.176. The quantitative estimate of drug-likeness (QED) is 0.660. The Balaban J connectivity index is 1.92. The van der Waals surface area contributed by atoms with E-state index in [0.29, 0.717) is 21.1 Å². The van der Waals surface area contributed by atoms with Crippen molar-refractivity contribution in [1.82, 2.24) is 9.66 Å². The molecule has 0 aliphatic heterocycles. The van der Waals surface area contributed by atoms with Gasteiger partial charge in [0.25, 0.3) is 5.56 Å². The second-order valence-corrected chi connectivity index (χ2v) is 5.62. The van der Waals surface area contributed by atoms with Gasteiger partial charge in [0.2, 0.25) is 0 Å². The standard InChI is InChI=1S/C17H12ClN3O5/c18-12-7-10(5-6-14(12)26-9-15(22)23)8-19-21-16(24)11-3-1-2-4-13(11)20-17(21)25/h1-8H,9H2,(H,20,25)(H,22,23). The van der Waals surface area contributed by atoms with E-state index in [4.69, 9.17) is 21.4 Å². The fourth-order valence-corrected chi connectivity index (χ4v) is 2.48. The molecule has 0 aliphatic rings. The summed E-state index contributed by atoms with van der Waals surface area (Å²) in [4.78, 5) is 37.5. The van der Waals surface area contributed by atoms with Crippen LogP contribution in [-0.4, -0.2) is 33.6 Å². The fourth-order valence-electron chi connectivity index (χ4n) is 2.24. The average molecular weight is 374 g/mol. The van der Waals surface area contributed by atoms with Crippen LogP contribution in [0, 0.1) is 0 Å². The van der Waals surface area contributed by atoms with Gasteiger partial charge >= 0.3 is 11.7 Å². The summed E-state index contributed by atoms with van der Waals surface area (Å²) in [6, 6.07) is 11.1. The lowest BCUT2D eigenvalue weighted by Crippen LogP contribution is -2.32. The van der Waals surface area contributed by atoms with E-state index in [0.717, 1.165) is 0 Å². The molecular formula is C17H12ClN3O5. The largest absolute Gasteiger partial charge is 0.480 e. The van der Waals surface area contributed by atoms with E-state index < -0.39 is 23.8 Å². The summed E-state index contributed by atoms with van der Waals surface area (Å²) in [6.45, 7) is -0.519. The van der Waals surface area contributed by atoms with Gasteiger partial charge in [-0.15, -0.1) is 4.68 Å². The lowest BCUT2D eigenvalue weighted by molar-refractivity contribution is -0.139. The fraction of sp³-hybridized carbons (Fsp3) is 0.0588. The number of halogens is 1. The lowest BCUT2D eigenvalue weighted by atomic mass is 10.2. The van der Waals surface area contributed by atoms with E-state index in [1.165, 1.54) is 18.3 Å². The highest BCUT2D eigenvalue weighted by atomic mass is 35.5. The van der Waals surface area contributed by atoms with Gasteiger partial charge in [-0.2, -0.15) is 5.10 Å². The molecule has 3 rings (SSSR count). The molecule has 8 nitrogen and oxygen atoms in total. The number of fused-ring (bicyclic) bond motifs is 1. The summed E-state index contributed by atoms with van der Waals surface area (Å²) in [5, 5.41) is 13.0. The number of carboxylic acids is 1. The monoisotopic (exact) mass is 373 g/mol. The van der Waals surface area contributed by atoms with Crippen molar-refractivity contribution in [2.75, 3.05) is 6.61 Å². The number of aromatic nitrogens is 2. The zero-order valence-corrected chi connectivity index (χ0v) is 13.9. The molecule has 0 atom stereocenters. The van der Waals surface area contributed by atoms with E-state index in [1.54, 1.807) is 30.3 Å². The first-order valence-electron chi connectivity index (χ1n) is 7.38. The van der Waals surface area contributed by atoms with Crippen molar-refractivity contribution >= 4 is 34.7 Å². The minimum atomic E-state index is -1.12. The molecule has 0 spiro atoms. The van der Waals surface area contributed by atoms with Crippen LogP contribution in [0.15, 0.2) is 57.2 Å². The van der Waals surface area contributed by atoms with Gasteiger partial charge in [-0.3, -0.25) is 4.79 Å². The molecule has 1 aromatic heterocycles. The Hall–Kier alpha value is -3.39. The predicted octanol–water partition coefficient (Wildman–Crippen LogP) is 1.69. The van der Waals surface area contributed by atoms with Crippen molar-refractivity contribution in [3.8, 4) is 5.75 Å². The average Bonchev–Trinajstić information content (AvgIpc) is 2.60. The summed E-state index contributed by atoms with van der Waals surface area (Å²) in [7, 11) is 0. The van der Waals surface area contributed by atoms with Crippen LogP contribution in [0.2, 0.25) is 5.02 Å². The van der Waals surface area contributed by atoms with Crippen LogP contribution in [-0.2, 0) is 4.79 Å². The molecule has 0 saturated heterocycles. The molecule has 132 valence electrons. The van der Waals surface area contributed by atoms with Gasteiger partial charge in [0.1, 0.15) is 5.75 Å². The first-order valence-corrected chi connectivity index (χ1v) is 7.76. The number of para-hydroxylation sites is 1. The molecule has 0 fully saturated rings. The van der Waals surface area contributed by atoms with Gasteiger partial charge in [-0.1, -0.05) is 23.7 Å². The zero-order chi connectivity index (χ0) is 18.7. The second kappa shape index (κ2) is 7.24. The van der Waals surface area contributed by atoms with Gasteiger partial charge in [0.15, 0.2) is 6.61 Å². The van der Waals surface area contributed by atoms with Crippen LogP contribution in [0.4, 0.5) is 0 Å². The van der Waals surface area contributed by atoms with E-state index in [9.17, 15) is 14.4 Å². The Labute approximate surface area is 150 Å². The van der Waals surface area contributed by atoms with Crippen LogP contribution in [0.5, 0.6) is 5.75 Å². The first-order chi connectivity index (χ1) is 12.5. The third-order valence-electron chi connectivity index (χ3n) is 3.41. The van der Waals surface area contributed by atoms with Crippen LogP contribution in [0.1, 0.15) is 5.56 Å². The molecule has 2 N–H and O–H groups in total. The second-order valence-electron chi connectivity index (χ2n) is 5.21. The normalized spacial score (nSPS) is 11.1. The molecular weight excluding hydrogens is 362 g/mol. The van der Waals surface area contributed by atoms with Crippen molar-refractivity contribution in [2.45, 2.75) is 0 Å². The first kappa shape index (κ1) is 17.4. The Morgan fingerprint density at radius 1 is 1.27 bits per heavy atom. The van der Waals surface area contributed by atoms with Crippen molar-refractivity contribution in [3.05, 3.63) is 73.9 Å². The maximum atomic E-state index is 12.4. The minimum Gasteiger partial charge on any atom is -0.480 e. The van der Waals surface area contributed by atoms with Gasteiger partial charge < -0.3 is 14.8 Å². The zero-order valence-electron chi connectivity index (χ0n) is 13.2. The number of rotatable bonds is 5. The molecule has 3 aromatic rings. The molecule has 1 heterocycles. The number of aliphatic carboxylic acids is 1. The molecule has 26 heavy (non-hydrogen) atoms. The molecule has 0 saturated carbocycles. The SMILES string of the molecule is O=C(O)COc1ccc(C=Nn2c(=O)[nH]c3ccccc3c2=O)cc1Cl.